The number of hydrogen-bond donors (Lipinski definition) is 2. The molecule has 6 heteroatoms. The number of aromatic amines is 1. The van der Waals surface area contributed by atoms with Gasteiger partial charge in [0.2, 0.25) is 0 Å². The first-order valence-corrected chi connectivity index (χ1v) is 6.00. The molecule has 1 heterocycles. The van der Waals surface area contributed by atoms with Crippen LogP contribution in [0.3, 0.4) is 0 Å². The number of nitrogens with zero attached hydrogens (tertiary/aromatic N) is 3. The molecule has 0 amide bonds. The Kier molecular flexibility index (Phi) is 4.32. The highest BCUT2D eigenvalue weighted by Crippen LogP contribution is 2.31. The number of hydrogen-bond acceptors (Lipinski definition) is 4. The number of H-pyrrole nitrogens is 1. The Balaban J connectivity index is 0.00000147. The summed E-state index contributed by atoms with van der Waals surface area (Å²) in [4.78, 5) is 0. The van der Waals surface area contributed by atoms with Crippen molar-refractivity contribution in [3.63, 3.8) is 0 Å². The van der Waals surface area contributed by atoms with Crippen LogP contribution in [0.5, 0.6) is 0 Å². The lowest BCUT2D eigenvalue weighted by molar-refractivity contribution is 0.881. The summed E-state index contributed by atoms with van der Waals surface area (Å²) >= 11 is 0. The van der Waals surface area contributed by atoms with Crippen molar-refractivity contribution in [1.82, 2.24) is 20.6 Å². The fourth-order valence-corrected chi connectivity index (χ4v) is 2.04. The lowest BCUT2D eigenvalue weighted by Crippen LogP contribution is -1.92. The Morgan fingerprint density at radius 3 is 2.45 bits per heavy atom. The average Bonchev–Trinajstić information content (AvgIpc) is 3.01. The van der Waals surface area contributed by atoms with Gasteiger partial charge in [-0.1, -0.05) is 36.4 Å². The van der Waals surface area contributed by atoms with E-state index in [9.17, 15) is 0 Å². The molecule has 0 saturated heterocycles. The average molecular weight is 288 g/mol. The van der Waals surface area contributed by atoms with Gasteiger partial charge in [0.1, 0.15) is 0 Å². The lowest BCUT2D eigenvalue weighted by Gasteiger charge is -2.09. The summed E-state index contributed by atoms with van der Waals surface area (Å²) < 4.78 is 0. The van der Waals surface area contributed by atoms with Crippen LogP contribution in [0.2, 0.25) is 0 Å². The van der Waals surface area contributed by atoms with Crippen LogP contribution in [-0.2, 0) is 0 Å². The minimum absolute atomic E-state index is 0. The monoisotopic (exact) mass is 287 g/mol. The number of rotatable bonds is 3. The predicted molar refractivity (Wildman–Crippen MR) is 81.8 cm³/mol. The number of aromatic nitrogens is 4. The second-order valence-electron chi connectivity index (χ2n) is 4.13. The van der Waals surface area contributed by atoms with Crippen LogP contribution < -0.4 is 5.32 Å². The summed E-state index contributed by atoms with van der Waals surface area (Å²) in [6.45, 7) is 0. The molecule has 1 aromatic heterocycles. The molecule has 3 aromatic rings. The maximum atomic E-state index is 4.00. The van der Waals surface area contributed by atoms with Crippen molar-refractivity contribution in [3.05, 3.63) is 48.5 Å². The molecule has 0 aliphatic carbocycles. The van der Waals surface area contributed by atoms with Gasteiger partial charge in [-0.3, -0.25) is 0 Å². The Morgan fingerprint density at radius 2 is 1.80 bits per heavy atom. The second-order valence-corrected chi connectivity index (χ2v) is 4.13. The Morgan fingerprint density at radius 1 is 1.00 bits per heavy atom. The fraction of sp³-hybridized carbons (Fsp3) is 0.0714. The summed E-state index contributed by atoms with van der Waals surface area (Å²) in [5, 5.41) is 17.2. The van der Waals surface area contributed by atoms with Gasteiger partial charge < -0.3 is 5.32 Å². The van der Waals surface area contributed by atoms with Crippen LogP contribution in [0.4, 0.5) is 5.69 Å². The number of tetrazole rings is 1. The molecular formula is C14H14ClN5. The van der Waals surface area contributed by atoms with Gasteiger partial charge in [-0.2, -0.15) is 0 Å². The van der Waals surface area contributed by atoms with Gasteiger partial charge in [0.25, 0.3) is 0 Å². The minimum atomic E-state index is 0. The van der Waals surface area contributed by atoms with Crippen molar-refractivity contribution >= 4 is 18.1 Å². The number of anilines is 1. The number of nitrogens with one attached hydrogen (secondary N) is 2. The van der Waals surface area contributed by atoms with Gasteiger partial charge in [-0.25, -0.2) is 5.10 Å². The van der Waals surface area contributed by atoms with Crippen LogP contribution in [-0.4, -0.2) is 27.7 Å². The van der Waals surface area contributed by atoms with E-state index < -0.39 is 0 Å². The zero-order chi connectivity index (χ0) is 13.1. The van der Waals surface area contributed by atoms with E-state index in [1.54, 1.807) is 0 Å². The summed E-state index contributed by atoms with van der Waals surface area (Å²) in [6, 6.07) is 16.3. The van der Waals surface area contributed by atoms with Gasteiger partial charge in [-0.05, 0) is 33.7 Å². The molecule has 2 N–H and O–H groups in total. The maximum Gasteiger partial charge on any atom is 0.180 e. The Hall–Kier alpha value is -2.40. The molecule has 0 spiro atoms. The molecule has 0 aliphatic rings. The third kappa shape index (κ3) is 2.62. The first kappa shape index (κ1) is 14.0. The van der Waals surface area contributed by atoms with E-state index in [0.29, 0.717) is 5.82 Å². The van der Waals surface area contributed by atoms with Crippen LogP contribution in [0.25, 0.3) is 22.5 Å². The largest absolute Gasteiger partial charge is 0.388 e. The van der Waals surface area contributed by atoms with Crippen LogP contribution >= 0.6 is 12.4 Å². The molecule has 0 atom stereocenters. The minimum Gasteiger partial charge on any atom is -0.388 e. The molecule has 0 saturated carbocycles. The van der Waals surface area contributed by atoms with Crippen molar-refractivity contribution in [2.24, 2.45) is 0 Å². The lowest BCUT2D eigenvalue weighted by atomic mass is 9.98. The normalized spacial score (nSPS) is 9.85. The Bertz CT molecular complexity index is 667. The van der Waals surface area contributed by atoms with Crippen molar-refractivity contribution in [1.29, 1.82) is 0 Å². The maximum absolute atomic E-state index is 4.00. The third-order valence-electron chi connectivity index (χ3n) is 2.99. The van der Waals surface area contributed by atoms with Gasteiger partial charge >= 0.3 is 0 Å². The standard InChI is InChI=1S/C14H13N5.ClH/c1-15-11-7-8-12(10-5-3-2-4-6-10)13(9-11)14-16-18-19-17-14;/h2-9,15H,1H3,(H,16,17,18,19);1H. The van der Waals surface area contributed by atoms with E-state index in [4.69, 9.17) is 0 Å². The van der Waals surface area contributed by atoms with Crippen molar-refractivity contribution in [2.75, 3.05) is 12.4 Å². The highest BCUT2D eigenvalue weighted by Gasteiger charge is 2.11. The second kappa shape index (κ2) is 6.16. The van der Waals surface area contributed by atoms with Crippen LogP contribution in [0.1, 0.15) is 0 Å². The summed E-state index contributed by atoms with van der Waals surface area (Å²) in [6.07, 6.45) is 0. The molecule has 102 valence electrons. The van der Waals surface area contributed by atoms with E-state index in [1.165, 1.54) is 0 Å². The third-order valence-corrected chi connectivity index (χ3v) is 2.99. The number of halogens is 1. The van der Waals surface area contributed by atoms with E-state index in [-0.39, 0.29) is 12.4 Å². The fourth-order valence-electron chi connectivity index (χ4n) is 2.04. The molecular weight excluding hydrogens is 274 g/mol. The molecule has 0 bridgehead atoms. The van der Waals surface area contributed by atoms with Gasteiger partial charge in [-0.15, -0.1) is 17.5 Å². The predicted octanol–water partition coefficient (Wildman–Crippen LogP) is 3.00. The van der Waals surface area contributed by atoms with Gasteiger partial charge in [0.15, 0.2) is 5.82 Å². The molecule has 0 radical (unpaired) electrons. The van der Waals surface area contributed by atoms with Crippen molar-refractivity contribution < 1.29 is 0 Å². The number of benzene rings is 2. The Labute approximate surface area is 122 Å². The highest BCUT2D eigenvalue weighted by molar-refractivity contribution is 5.85. The van der Waals surface area contributed by atoms with E-state index in [0.717, 1.165) is 22.4 Å². The molecule has 3 rings (SSSR count). The van der Waals surface area contributed by atoms with E-state index >= 15 is 0 Å². The highest BCUT2D eigenvalue weighted by atomic mass is 35.5. The van der Waals surface area contributed by atoms with E-state index in [2.05, 4.69) is 44.1 Å². The quantitative estimate of drug-likeness (QED) is 0.777. The summed E-state index contributed by atoms with van der Waals surface area (Å²) in [5.41, 5.74) is 4.23. The molecule has 5 nitrogen and oxygen atoms in total. The molecule has 0 aliphatic heterocycles. The molecule has 20 heavy (non-hydrogen) atoms. The first-order valence-electron chi connectivity index (χ1n) is 6.00. The first-order chi connectivity index (χ1) is 9.38. The molecule has 2 aromatic carbocycles. The van der Waals surface area contributed by atoms with Crippen LogP contribution in [0.15, 0.2) is 48.5 Å². The van der Waals surface area contributed by atoms with Gasteiger partial charge in [0.05, 0.1) is 0 Å². The zero-order valence-corrected chi connectivity index (χ0v) is 11.7. The van der Waals surface area contributed by atoms with Crippen molar-refractivity contribution in [2.45, 2.75) is 0 Å². The topological polar surface area (TPSA) is 66.5 Å². The van der Waals surface area contributed by atoms with Crippen LogP contribution in [0, 0.1) is 0 Å². The molecule has 0 fully saturated rings. The van der Waals surface area contributed by atoms with Gasteiger partial charge in [0, 0.05) is 18.3 Å². The van der Waals surface area contributed by atoms with Crippen molar-refractivity contribution in [3.8, 4) is 22.5 Å². The summed E-state index contributed by atoms with van der Waals surface area (Å²) in [7, 11) is 1.89. The smallest absolute Gasteiger partial charge is 0.180 e. The van der Waals surface area contributed by atoms with E-state index in [1.807, 2.05) is 37.4 Å². The summed E-state index contributed by atoms with van der Waals surface area (Å²) in [5.74, 6) is 0.663. The zero-order valence-electron chi connectivity index (χ0n) is 10.9. The molecule has 0 unspecified atom stereocenters. The SMILES string of the molecule is CNc1ccc(-c2ccccc2)c(-c2nnn[nH]2)c1.Cl.